The Labute approximate surface area is 120 Å². The van der Waals surface area contributed by atoms with Gasteiger partial charge in [0.25, 0.3) is 0 Å². The smallest absolute Gasteiger partial charge is 0.0774 e. The summed E-state index contributed by atoms with van der Waals surface area (Å²) in [5.41, 5.74) is 1.43. The summed E-state index contributed by atoms with van der Waals surface area (Å²) in [6.07, 6.45) is 5.15. The van der Waals surface area contributed by atoms with Crippen LogP contribution in [0.5, 0.6) is 0 Å². The van der Waals surface area contributed by atoms with Crippen LogP contribution in [-0.2, 0) is 11.2 Å². The quantitative estimate of drug-likeness (QED) is 0.750. The molecule has 104 valence electrons. The summed E-state index contributed by atoms with van der Waals surface area (Å²) in [4.78, 5) is 3.94. The first-order valence-electron chi connectivity index (χ1n) is 7.41. The second kappa shape index (κ2) is 6.19. The van der Waals surface area contributed by atoms with Crippen molar-refractivity contribution in [2.75, 3.05) is 6.54 Å². The maximum absolute atomic E-state index is 6.00. The second-order valence-corrected chi connectivity index (χ2v) is 5.54. The van der Waals surface area contributed by atoms with E-state index in [1.165, 1.54) is 16.3 Å². The van der Waals surface area contributed by atoms with Crippen molar-refractivity contribution in [3.05, 3.63) is 48.0 Å². The van der Waals surface area contributed by atoms with E-state index >= 15 is 0 Å². The minimum atomic E-state index is 0.296. The highest BCUT2D eigenvalue weighted by atomic mass is 16.5. The Kier molecular flexibility index (Phi) is 4.12. The number of fused-ring (bicyclic) bond motifs is 1. The molecule has 0 amide bonds. The Morgan fingerprint density at radius 1 is 1.05 bits per heavy atom. The first-order valence-corrected chi connectivity index (χ1v) is 7.41. The highest BCUT2D eigenvalue weighted by Crippen LogP contribution is 2.26. The maximum Gasteiger partial charge on any atom is 0.0774 e. The van der Waals surface area contributed by atoms with Crippen molar-refractivity contribution in [3.63, 3.8) is 0 Å². The van der Waals surface area contributed by atoms with Crippen LogP contribution in [0.2, 0.25) is 0 Å². The van der Waals surface area contributed by atoms with Gasteiger partial charge in [0.05, 0.1) is 18.8 Å². The molecule has 1 aliphatic rings. The molecule has 20 heavy (non-hydrogen) atoms. The Bertz CT molecular complexity index is 587. The van der Waals surface area contributed by atoms with Crippen molar-refractivity contribution in [1.82, 2.24) is 0 Å². The monoisotopic (exact) mass is 267 g/mol. The molecule has 0 saturated carbocycles. The van der Waals surface area contributed by atoms with Crippen LogP contribution in [0.4, 0.5) is 0 Å². The van der Waals surface area contributed by atoms with Crippen molar-refractivity contribution in [3.8, 4) is 0 Å². The molecule has 1 saturated heterocycles. The largest absolute Gasteiger partial charge is 0.373 e. The van der Waals surface area contributed by atoms with Gasteiger partial charge in [0.1, 0.15) is 0 Å². The number of hydrogen-bond donors (Lipinski definition) is 0. The fourth-order valence-corrected chi connectivity index (χ4v) is 3.10. The van der Waals surface area contributed by atoms with E-state index in [2.05, 4.69) is 54.2 Å². The van der Waals surface area contributed by atoms with Gasteiger partial charge in [0.2, 0.25) is 0 Å². The van der Waals surface area contributed by atoms with E-state index in [4.69, 9.17) is 4.74 Å². The SMILES string of the molecule is C=NCC1CCC(CCc2cccc3ccccc23)O1. The second-order valence-electron chi connectivity index (χ2n) is 5.54. The van der Waals surface area contributed by atoms with Crippen LogP contribution in [-0.4, -0.2) is 25.5 Å². The lowest BCUT2D eigenvalue weighted by Gasteiger charge is -2.13. The van der Waals surface area contributed by atoms with E-state index in [9.17, 15) is 0 Å². The highest BCUT2D eigenvalue weighted by Gasteiger charge is 2.24. The van der Waals surface area contributed by atoms with Crippen LogP contribution in [0.1, 0.15) is 24.8 Å². The lowest BCUT2D eigenvalue weighted by Crippen LogP contribution is -2.14. The molecule has 0 bridgehead atoms. The summed E-state index contributed by atoms with van der Waals surface area (Å²) < 4.78 is 6.00. The molecule has 1 aliphatic heterocycles. The molecule has 2 nitrogen and oxygen atoms in total. The van der Waals surface area contributed by atoms with Crippen LogP contribution in [0.25, 0.3) is 10.8 Å². The van der Waals surface area contributed by atoms with Gasteiger partial charge in [0.15, 0.2) is 0 Å². The average Bonchev–Trinajstić information content (AvgIpc) is 2.93. The van der Waals surface area contributed by atoms with Crippen molar-refractivity contribution in [2.45, 2.75) is 37.9 Å². The van der Waals surface area contributed by atoms with Gasteiger partial charge in [-0.2, -0.15) is 0 Å². The van der Waals surface area contributed by atoms with Crippen LogP contribution in [0.3, 0.4) is 0 Å². The number of aryl methyl sites for hydroxylation is 1. The zero-order valence-electron chi connectivity index (χ0n) is 11.8. The zero-order chi connectivity index (χ0) is 13.8. The summed E-state index contributed by atoms with van der Waals surface area (Å²) in [5.74, 6) is 0. The Balaban J connectivity index is 1.64. The molecule has 2 heteroatoms. The van der Waals surface area contributed by atoms with E-state index in [1.54, 1.807) is 0 Å². The molecule has 2 unspecified atom stereocenters. The van der Waals surface area contributed by atoms with E-state index in [0.29, 0.717) is 12.2 Å². The Morgan fingerprint density at radius 3 is 2.75 bits per heavy atom. The third-order valence-corrected chi connectivity index (χ3v) is 4.14. The molecule has 2 atom stereocenters. The van der Waals surface area contributed by atoms with E-state index in [1.807, 2.05) is 0 Å². The fraction of sp³-hybridized carbons (Fsp3) is 0.389. The molecule has 0 spiro atoms. The van der Waals surface area contributed by atoms with Crippen molar-refractivity contribution in [1.29, 1.82) is 0 Å². The predicted molar refractivity (Wildman–Crippen MR) is 84.6 cm³/mol. The van der Waals surface area contributed by atoms with E-state index in [0.717, 1.165) is 32.2 Å². The van der Waals surface area contributed by atoms with Gasteiger partial charge in [-0.3, -0.25) is 4.99 Å². The van der Waals surface area contributed by atoms with E-state index in [-0.39, 0.29) is 0 Å². The summed E-state index contributed by atoms with van der Waals surface area (Å²) >= 11 is 0. The van der Waals surface area contributed by atoms with Crippen molar-refractivity contribution in [2.24, 2.45) is 4.99 Å². The molecule has 0 aliphatic carbocycles. The lowest BCUT2D eigenvalue weighted by molar-refractivity contribution is 0.0462. The fourth-order valence-electron chi connectivity index (χ4n) is 3.10. The summed E-state index contributed by atoms with van der Waals surface area (Å²) in [6, 6.07) is 15.2. The average molecular weight is 267 g/mol. The minimum absolute atomic E-state index is 0.296. The summed E-state index contributed by atoms with van der Waals surface area (Å²) in [7, 11) is 0. The number of hydrogen-bond acceptors (Lipinski definition) is 2. The van der Waals surface area contributed by atoms with Gasteiger partial charge in [-0.05, 0) is 48.7 Å². The van der Waals surface area contributed by atoms with E-state index < -0.39 is 0 Å². The summed E-state index contributed by atoms with van der Waals surface area (Å²) in [6.45, 7) is 4.29. The van der Waals surface area contributed by atoms with Crippen LogP contribution in [0.15, 0.2) is 47.5 Å². The molecular formula is C18H21NO. The number of rotatable bonds is 5. The van der Waals surface area contributed by atoms with Crippen LogP contribution < -0.4 is 0 Å². The first-order chi connectivity index (χ1) is 9.86. The third-order valence-electron chi connectivity index (χ3n) is 4.14. The standard InChI is InChI=1S/C18H21NO/c1-19-13-17-12-11-16(20-17)10-9-15-7-4-6-14-5-2-3-8-18(14)15/h2-8,16-17H,1,9-13H2. The van der Waals surface area contributed by atoms with Gasteiger partial charge in [0, 0.05) is 0 Å². The van der Waals surface area contributed by atoms with Gasteiger partial charge in [-0.15, -0.1) is 0 Å². The van der Waals surface area contributed by atoms with Crippen LogP contribution in [0, 0.1) is 0 Å². The Morgan fingerprint density at radius 2 is 1.85 bits per heavy atom. The molecule has 2 aromatic rings. The molecule has 0 radical (unpaired) electrons. The first kappa shape index (κ1) is 13.3. The molecule has 1 fully saturated rings. The number of aliphatic imine (C=N–C) groups is 1. The van der Waals surface area contributed by atoms with Crippen LogP contribution >= 0.6 is 0 Å². The highest BCUT2D eigenvalue weighted by molar-refractivity contribution is 5.85. The zero-order valence-corrected chi connectivity index (χ0v) is 11.8. The van der Waals surface area contributed by atoms with Crippen molar-refractivity contribution < 1.29 is 4.74 Å². The van der Waals surface area contributed by atoms with Gasteiger partial charge in [-0.25, -0.2) is 0 Å². The number of benzene rings is 2. The molecule has 1 heterocycles. The molecule has 3 rings (SSSR count). The minimum Gasteiger partial charge on any atom is -0.373 e. The number of nitrogens with zero attached hydrogens (tertiary/aromatic N) is 1. The van der Waals surface area contributed by atoms with Gasteiger partial charge >= 0.3 is 0 Å². The summed E-state index contributed by atoms with van der Waals surface area (Å²) in [5, 5.41) is 2.70. The lowest BCUT2D eigenvalue weighted by atomic mass is 9.99. The maximum atomic E-state index is 6.00. The Hall–Kier alpha value is -1.67. The van der Waals surface area contributed by atoms with Gasteiger partial charge < -0.3 is 4.74 Å². The van der Waals surface area contributed by atoms with Crippen molar-refractivity contribution >= 4 is 17.5 Å². The molecule has 0 N–H and O–H groups in total. The molecular weight excluding hydrogens is 246 g/mol. The topological polar surface area (TPSA) is 21.6 Å². The van der Waals surface area contributed by atoms with Gasteiger partial charge in [-0.1, -0.05) is 42.5 Å². The third kappa shape index (κ3) is 2.91. The molecule has 0 aromatic heterocycles. The normalized spacial score (nSPS) is 22.2. The number of ether oxygens (including phenoxy) is 1. The molecule has 2 aromatic carbocycles. The predicted octanol–water partition coefficient (Wildman–Crippen LogP) is 4.02.